The molecule has 0 bridgehead atoms. The van der Waals surface area contributed by atoms with E-state index >= 15 is 0 Å². The first-order chi connectivity index (χ1) is 9.15. The minimum absolute atomic E-state index is 0.0183. The van der Waals surface area contributed by atoms with E-state index in [-0.39, 0.29) is 11.6 Å². The van der Waals surface area contributed by atoms with E-state index in [0.717, 1.165) is 30.7 Å². The lowest BCUT2D eigenvalue weighted by atomic mass is 10.2. The van der Waals surface area contributed by atoms with E-state index < -0.39 is 0 Å². The van der Waals surface area contributed by atoms with Crippen LogP contribution in [0.1, 0.15) is 38.6 Å². The van der Waals surface area contributed by atoms with Gasteiger partial charge in [0.15, 0.2) is 0 Å². The van der Waals surface area contributed by atoms with E-state index in [0.29, 0.717) is 5.39 Å². The Labute approximate surface area is 113 Å². The molecule has 1 aromatic heterocycles. The summed E-state index contributed by atoms with van der Waals surface area (Å²) in [5.74, 6) is 0.791. The van der Waals surface area contributed by atoms with Crippen LogP contribution in [0.2, 0.25) is 0 Å². The van der Waals surface area contributed by atoms with Crippen molar-refractivity contribution in [3.05, 3.63) is 40.4 Å². The summed E-state index contributed by atoms with van der Waals surface area (Å²) in [5, 5.41) is 4.09. The van der Waals surface area contributed by atoms with E-state index in [1.807, 2.05) is 31.2 Å². The third kappa shape index (κ3) is 2.84. The lowest BCUT2D eigenvalue weighted by molar-refractivity contribution is 0.510. The predicted octanol–water partition coefficient (Wildman–Crippen LogP) is 2.38. The lowest BCUT2D eigenvalue weighted by Gasteiger charge is -2.17. The molecule has 1 N–H and O–H groups in total. The largest absolute Gasteiger partial charge is 0.308 e. The molecular formula is C15H21N3O. The predicted molar refractivity (Wildman–Crippen MR) is 78.3 cm³/mol. The van der Waals surface area contributed by atoms with Crippen molar-refractivity contribution >= 4 is 10.9 Å². The molecule has 2 rings (SSSR count). The minimum Gasteiger partial charge on any atom is -0.308 e. The van der Waals surface area contributed by atoms with Crippen LogP contribution in [-0.2, 0) is 7.05 Å². The zero-order valence-electron chi connectivity index (χ0n) is 11.8. The SMILES string of the molecule is CCCCN[C@H](C)c1nc2ccccc2c(=O)n1C. The molecule has 0 aliphatic carbocycles. The van der Waals surface area contributed by atoms with Crippen molar-refractivity contribution in [2.24, 2.45) is 7.05 Å². The topological polar surface area (TPSA) is 46.9 Å². The fourth-order valence-electron chi connectivity index (χ4n) is 2.21. The molecule has 0 aliphatic rings. The van der Waals surface area contributed by atoms with Gasteiger partial charge in [-0.25, -0.2) is 4.98 Å². The van der Waals surface area contributed by atoms with Gasteiger partial charge in [0.25, 0.3) is 5.56 Å². The Morgan fingerprint density at radius 1 is 1.37 bits per heavy atom. The highest BCUT2D eigenvalue weighted by atomic mass is 16.1. The molecule has 102 valence electrons. The molecule has 1 atom stereocenters. The lowest BCUT2D eigenvalue weighted by Crippen LogP contribution is -2.29. The Bertz CT molecular complexity index is 618. The normalized spacial score (nSPS) is 12.8. The smallest absolute Gasteiger partial charge is 0.261 e. The number of nitrogens with zero attached hydrogens (tertiary/aromatic N) is 2. The molecule has 0 saturated heterocycles. The summed E-state index contributed by atoms with van der Waals surface area (Å²) in [4.78, 5) is 16.9. The van der Waals surface area contributed by atoms with E-state index in [9.17, 15) is 4.79 Å². The van der Waals surface area contributed by atoms with Gasteiger partial charge in [0.2, 0.25) is 0 Å². The van der Waals surface area contributed by atoms with Crippen LogP contribution >= 0.6 is 0 Å². The van der Waals surface area contributed by atoms with Gasteiger partial charge in [0.05, 0.1) is 16.9 Å². The Morgan fingerprint density at radius 2 is 2.11 bits per heavy atom. The number of fused-ring (bicyclic) bond motifs is 1. The van der Waals surface area contributed by atoms with Gasteiger partial charge >= 0.3 is 0 Å². The average Bonchev–Trinajstić information content (AvgIpc) is 2.43. The van der Waals surface area contributed by atoms with Crippen LogP contribution in [0.25, 0.3) is 10.9 Å². The van der Waals surface area contributed by atoms with Crippen LogP contribution in [0, 0.1) is 0 Å². The van der Waals surface area contributed by atoms with Crippen molar-refractivity contribution < 1.29 is 0 Å². The maximum Gasteiger partial charge on any atom is 0.261 e. The van der Waals surface area contributed by atoms with E-state index in [4.69, 9.17) is 0 Å². The van der Waals surface area contributed by atoms with Gasteiger partial charge in [-0.1, -0.05) is 25.5 Å². The van der Waals surface area contributed by atoms with Crippen LogP contribution in [0.5, 0.6) is 0 Å². The molecule has 0 spiro atoms. The van der Waals surface area contributed by atoms with Crippen molar-refractivity contribution in [3.63, 3.8) is 0 Å². The molecule has 0 aliphatic heterocycles. The first kappa shape index (κ1) is 13.7. The summed E-state index contributed by atoms with van der Waals surface area (Å²) in [6, 6.07) is 7.57. The van der Waals surface area contributed by atoms with Gasteiger partial charge in [-0.2, -0.15) is 0 Å². The summed E-state index contributed by atoms with van der Waals surface area (Å²) >= 11 is 0. The van der Waals surface area contributed by atoms with Crippen molar-refractivity contribution in [3.8, 4) is 0 Å². The van der Waals surface area contributed by atoms with Crippen LogP contribution in [0.4, 0.5) is 0 Å². The highest BCUT2D eigenvalue weighted by Crippen LogP contribution is 2.12. The molecule has 0 radical (unpaired) electrons. The monoisotopic (exact) mass is 259 g/mol. The molecule has 0 amide bonds. The quantitative estimate of drug-likeness (QED) is 0.839. The average molecular weight is 259 g/mol. The zero-order valence-corrected chi connectivity index (χ0v) is 11.8. The Morgan fingerprint density at radius 3 is 2.84 bits per heavy atom. The van der Waals surface area contributed by atoms with Crippen molar-refractivity contribution in [2.45, 2.75) is 32.7 Å². The summed E-state index contributed by atoms with van der Waals surface area (Å²) in [7, 11) is 1.79. The zero-order chi connectivity index (χ0) is 13.8. The van der Waals surface area contributed by atoms with Gasteiger partial charge < -0.3 is 5.32 Å². The van der Waals surface area contributed by atoms with Crippen molar-refractivity contribution in [1.82, 2.24) is 14.9 Å². The maximum atomic E-state index is 12.3. The van der Waals surface area contributed by atoms with Crippen LogP contribution in [0.3, 0.4) is 0 Å². The molecule has 0 fully saturated rings. The highest BCUT2D eigenvalue weighted by molar-refractivity contribution is 5.77. The summed E-state index contributed by atoms with van der Waals surface area (Å²) in [5.41, 5.74) is 0.787. The van der Waals surface area contributed by atoms with E-state index in [1.54, 1.807) is 11.6 Å². The van der Waals surface area contributed by atoms with Crippen LogP contribution in [0.15, 0.2) is 29.1 Å². The molecule has 1 aromatic carbocycles. The van der Waals surface area contributed by atoms with E-state index in [1.165, 1.54) is 0 Å². The summed E-state index contributed by atoms with van der Waals surface area (Å²) in [6.07, 6.45) is 2.29. The molecule has 0 saturated carbocycles. The Balaban J connectivity index is 2.38. The van der Waals surface area contributed by atoms with Gasteiger partial charge in [0.1, 0.15) is 5.82 Å². The number of benzene rings is 1. The third-order valence-corrected chi connectivity index (χ3v) is 3.39. The maximum absolute atomic E-state index is 12.3. The standard InChI is InChI=1S/C15H21N3O/c1-4-5-10-16-11(2)14-17-13-9-7-6-8-12(13)15(19)18(14)3/h6-9,11,16H,4-5,10H2,1-3H3/t11-/m1/s1. The number of hydrogen-bond acceptors (Lipinski definition) is 3. The second-order valence-corrected chi connectivity index (χ2v) is 4.88. The molecule has 4 nitrogen and oxygen atoms in total. The molecular weight excluding hydrogens is 238 g/mol. The summed E-state index contributed by atoms with van der Waals surface area (Å²) in [6.45, 7) is 5.16. The number of aromatic nitrogens is 2. The number of hydrogen-bond donors (Lipinski definition) is 1. The second kappa shape index (κ2) is 5.97. The van der Waals surface area contributed by atoms with Gasteiger partial charge in [0, 0.05) is 7.05 Å². The second-order valence-electron chi connectivity index (χ2n) is 4.88. The summed E-state index contributed by atoms with van der Waals surface area (Å²) < 4.78 is 1.64. The minimum atomic E-state index is 0.0183. The van der Waals surface area contributed by atoms with Crippen LogP contribution < -0.4 is 10.9 Å². The third-order valence-electron chi connectivity index (χ3n) is 3.39. The van der Waals surface area contributed by atoms with Gasteiger partial charge in [-0.3, -0.25) is 9.36 Å². The molecule has 2 aromatic rings. The first-order valence-corrected chi connectivity index (χ1v) is 6.84. The Kier molecular flexibility index (Phi) is 4.32. The molecule has 4 heteroatoms. The number of nitrogens with one attached hydrogen (secondary N) is 1. The highest BCUT2D eigenvalue weighted by Gasteiger charge is 2.13. The van der Waals surface area contributed by atoms with Crippen molar-refractivity contribution in [2.75, 3.05) is 6.54 Å². The van der Waals surface area contributed by atoms with Crippen molar-refractivity contribution in [1.29, 1.82) is 0 Å². The molecule has 0 unspecified atom stereocenters. The number of rotatable bonds is 5. The first-order valence-electron chi connectivity index (χ1n) is 6.84. The van der Waals surface area contributed by atoms with E-state index in [2.05, 4.69) is 17.2 Å². The molecule has 19 heavy (non-hydrogen) atoms. The van der Waals surface area contributed by atoms with Crippen LogP contribution in [-0.4, -0.2) is 16.1 Å². The number of para-hydroxylation sites is 1. The fraction of sp³-hybridized carbons (Fsp3) is 0.467. The fourth-order valence-corrected chi connectivity index (χ4v) is 2.21. The molecule has 1 heterocycles. The van der Waals surface area contributed by atoms with Gasteiger partial charge in [-0.05, 0) is 32.0 Å². The van der Waals surface area contributed by atoms with Gasteiger partial charge in [-0.15, -0.1) is 0 Å². The Hall–Kier alpha value is -1.68. The number of unbranched alkanes of at least 4 members (excludes halogenated alkanes) is 1.